The highest BCUT2D eigenvalue weighted by Gasteiger charge is 2.30. The summed E-state index contributed by atoms with van der Waals surface area (Å²) in [5.74, 6) is 0.806. The molecule has 140 valence electrons. The molecule has 0 saturated carbocycles. The number of nitrogens with zero attached hydrogens (tertiary/aromatic N) is 5. The average Bonchev–Trinajstić information content (AvgIpc) is 3.09. The Labute approximate surface area is 153 Å². The van der Waals surface area contributed by atoms with E-state index in [-0.39, 0.29) is 21.6 Å². The molecule has 1 aromatic heterocycles. The van der Waals surface area contributed by atoms with Gasteiger partial charge in [0, 0.05) is 32.2 Å². The van der Waals surface area contributed by atoms with Crippen LogP contribution in [-0.4, -0.2) is 43.4 Å². The molecule has 0 bridgehead atoms. The monoisotopic (exact) mass is 371 g/mol. The van der Waals surface area contributed by atoms with Crippen LogP contribution in [0.1, 0.15) is 0 Å². The van der Waals surface area contributed by atoms with Crippen LogP contribution in [0.2, 0.25) is 0 Å². The molecule has 10 heteroatoms. The predicted molar refractivity (Wildman–Crippen MR) is 97.0 cm³/mol. The van der Waals surface area contributed by atoms with Gasteiger partial charge in [0.05, 0.1) is 28.6 Å². The first-order valence-corrected chi connectivity index (χ1v) is 8.40. The lowest BCUT2D eigenvalue weighted by atomic mass is 10.1. The second kappa shape index (κ2) is 6.63. The first-order valence-electron chi connectivity index (χ1n) is 8.40. The Morgan fingerprint density at radius 2 is 1.78 bits per heavy atom. The molecule has 2 heterocycles. The van der Waals surface area contributed by atoms with Crippen LogP contribution in [0, 0.1) is 15.3 Å². The number of rotatable bonds is 4. The molecular weight excluding hydrogens is 354 g/mol. The lowest BCUT2D eigenvalue weighted by Crippen LogP contribution is -2.47. The first kappa shape index (κ1) is 16.9. The normalized spacial score (nSPS) is 14.6. The largest absolute Gasteiger partial charge is 0.495 e. The number of aromatic nitrogens is 2. The van der Waals surface area contributed by atoms with E-state index in [0.717, 1.165) is 11.4 Å². The van der Waals surface area contributed by atoms with Gasteiger partial charge in [-0.25, -0.2) is 0 Å². The van der Waals surface area contributed by atoms with Crippen LogP contribution in [-0.2, 0) is 0 Å². The fraction of sp³-hybridized carbons (Fsp3) is 0.294. The van der Waals surface area contributed by atoms with Crippen molar-refractivity contribution in [1.29, 1.82) is 0 Å². The summed E-state index contributed by atoms with van der Waals surface area (Å²) in [6.45, 7) is 2.69. The van der Waals surface area contributed by atoms with Gasteiger partial charge in [-0.1, -0.05) is 12.1 Å². The fourth-order valence-electron chi connectivity index (χ4n) is 3.43. The Kier molecular flexibility index (Phi) is 4.15. The zero-order chi connectivity index (χ0) is 19.0. The summed E-state index contributed by atoms with van der Waals surface area (Å²) < 4.78 is 10.0. The molecule has 0 spiro atoms. The number of piperazine rings is 1. The Hall–Kier alpha value is -3.56. The average molecular weight is 371 g/mol. The minimum absolute atomic E-state index is 0.0420. The molecule has 0 aliphatic carbocycles. The molecule has 0 unspecified atom stereocenters. The van der Waals surface area contributed by atoms with Gasteiger partial charge >= 0.3 is 11.2 Å². The molecule has 10 nitrogen and oxygen atoms in total. The summed E-state index contributed by atoms with van der Waals surface area (Å²) in [5, 5.41) is 26.7. The van der Waals surface area contributed by atoms with Crippen molar-refractivity contribution in [3.8, 4) is 5.75 Å². The number of para-hydroxylation sites is 2. The molecule has 0 radical (unpaired) electrons. The number of nitro groups is 1. The molecule has 0 N–H and O–H groups in total. The SMILES string of the molecule is COc1ccccc1N1CCN(c2ccc([N+](=O)[O-])c3no[n+]([O-])c23)CC1. The number of hydrogen-bond acceptors (Lipinski definition) is 8. The van der Waals surface area contributed by atoms with Gasteiger partial charge in [-0.05, 0) is 23.1 Å². The van der Waals surface area contributed by atoms with E-state index in [1.54, 1.807) is 13.2 Å². The maximum absolute atomic E-state index is 12.0. The van der Waals surface area contributed by atoms with Crippen molar-refractivity contribution in [3.05, 3.63) is 51.7 Å². The summed E-state index contributed by atoms with van der Waals surface area (Å²) in [6.07, 6.45) is 0. The van der Waals surface area contributed by atoms with Crippen LogP contribution >= 0.6 is 0 Å². The summed E-state index contributed by atoms with van der Waals surface area (Å²) >= 11 is 0. The number of non-ortho nitro benzene ring substituents is 1. The van der Waals surface area contributed by atoms with Crippen molar-refractivity contribution in [2.24, 2.45) is 0 Å². The summed E-state index contributed by atoms with van der Waals surface area (Å²) in [6, 6.07) is 10.7. The molecule has 1 saturated heterocycles. The van der Waals surface area contributed by atoms with Gasteiger partial charge in [-0.2, -0.15) is 0 Å². The summed E-state index contributed by atoms with van der Waals surface area (Å²) in [4.78, 5) is 15.0. The summed E-state index contributed by atoms with van der Waals surface area (Å²) in [5.41, 5.74) is 1.37. The van der Waals surface area contributed by atoms with E-state index in [0.29, 0.717) is 31.9 Å². The third kappa shape index (κ3) is 2.84. The Balaban J connectivity index is 1.61. The zero-order valence-electron chi connectivity index (χ0n) is 14.6. The first-order chi connectivity index (χ1) is 13.1. The van der Waals surface area contributed by atoms with Crippen LogP contribution in [0.5, 0.6) is 5.75 Å². The molecule has 27 heavy (non-hydrogen) atoms. The number of hydrogen-bond donors (Lipinski definition) is 0. The van der Waals surface area contributed by atoms with Crippen molar-refractivity contribution in [2.75, 3.05) is 43.1 Å². The van der Waals surface area contributed by atoms with E-state index < -0.39 is 4.92 Å². The van der Waals surface area contributed by atoms with Gasteiger partial charge in [0.1, 0.15) is 5.75 Å². The molecule has 0 atom stereocenters. The minimum atomic E-state index is -0.575. The van der Waals surface area contributed by atoms with Gasteiger partial charge in [0.25, 0.3) is 5.52 Å². The number of fused-ring (bicyclic) bond motifs is 1. The Morgan fingerprint density at radius 1 is 1.11 bits per heavy atom. The Morgan fingerprint density at radius 3 is 2.44 bits per heavy atom. The maximum atomic E-state index is 12.0. The van der Waals surface area contributed by atoms with Crippen LogP contribution in [0.3, 0.4) is 0 Å². The molecule has 1 aliphatic heterocycles. The number of methoxy groups -OCH3 is 1. The van der Waals surface area contributed by atoms with Gasteiger partial charge in [0.15, 0.2) is 0 Å². The van der Waals surface area contributed by atoms with Crippen LogP contribution in [0.15, 0.2) is 41.0 Å². The third-order valence-corrected chi connectivity index (χ3v) is 4.74. The van der Waals surface area contributed by atoms with E-state index in [2.05, 4.69) is 14.7 Å². The van der Waals surface area contributed by atoms with Crippen LogP contribution < -0.4 is 19.4 Å². The molecule has 0 amide bonds. The topological polar surface area (TPSA) is 112 Å². The standard InChI is InChI=1S/C17H17N5O5/c1-26-15-5-3-2-4-12(15)19-8-10-20(11-9-19)14-7-6-13(21(23)24)16-17(14)22(25)27-18-16/h2-7H,8-11H2,1H3. The Bertz CT molecular complexity index is 997. The molecule has 1 fully saturated rings. The maximum Gasteiger partial charge on any atom is 0.327 e. The third-order valence-electron chi connectivity index (χ3n) is 4.74. The summed E-state index contributed by atoms with van der Waals surface area (Å²) in [7, 11) is 1.64. The second-order valence-electron chi connectivity index (χ2n) is 6.13. The van der Waals surface area contributed by atoms with E-state index in [1.807, 2.05) is 29.2 Å². The van der Waals surface area contributed by atoms with Gasteiger partial charge < -0.3 is 19.7 Å². The van der Waals surface area contributed by atoms with Crippen molar-refractivity contribution in [1.82, 2.24) is 5.16 Å². The van der Waals surface area contributed by atoms with Crippen LogP contribution in [0.4, 0.5) is 17.1 Å². The van der Waals surface area contributed by atoms with Crippen molar-refractivity contribution < 1.29 is 19.2 Å². The predicted octanol–water partition coefficient (Wildman–Crippen LogP) is 1.70. The highest BCUT2D eigenvalue weighted by molar-refractivity contribution is 5.92. The lowest BCUT2D eigenvalue weighted by Gasteiger charge is -2.37. The van der Waals surface area contributed by atoms with Crippen molar-refractivity contribution in [3.63, 3.8) is 0 Å². The molecule has 3 aromatic rings. The van der Waals surface area contributed by atoms with E-state index in [9.17, 15) is 15.3 Å². The highest BCUT2D eigenvalue weighted by atomic mass is 16.8. The molecule has 2 aromatic carbocycles. The molecule has 1 aliphatic rings. The van der Waals surface area contributed by atoms with Crippen LogP contribution in [0.25, 0.3) is 11.0 Å². The van der Waals surface area contributed by atoms with Crippen molar-refractivity contribution >= 4 is 28.1 Å². The van der Waals surface area contributed by atoms with E-state index in [1.165, 1.54) is 6.07 Å². The number of benzene rings is 2. The highest BCUT2D eigenvalue weighted by Crippen LogP contribution is 2.33. The van der Waals surface area contributed by atoms with Gasteiger partial charge in [-0.3, -0.25) is 14.7 Å². The zero-order valence-corrected chi connectivity index (χ0v) is 14.6. The fourth-order valence-corrected chi connectivity index (χ4v) is 3.43. The number of anilines is 2. The second-order valence-corrected chi connectivity index (χ2v) is 6.13. The number of ether oxygens (including phenoxy) is 1. The van der Waals surface area contributed by atoms with Crippen molar-refractivity contribution in [2.45, 2.75) is 0 Å². The van der Waals surface area contributed by atoms with E-state index >= 15 is 0 Å². The van der Waals surface area contributed by atoms with Gasteiger partial charge in [0.2, 0.25) is 0 Å². The van der Waals surface area contributed by atoms with Gasteiger partial charge in [-0.15, -0.1) is 0 Å². The molecular formula is C17H17N5O5. The molecule has 4 rings (SSSR count). The number of nitro benzene ring substituents is 1. The minimum Gasteiger partial charge on any atom is -0.495 e. The smallest absolute Gasteiger partial charge is 0.327 e. The quantitative estimate of drug-likeness (QED) is 0.387. The van der Waals surface area contributed by atoms with E-state index in [4.69, 9.17) is 4.74 Å². The lowest BCUT2D eigenvalue weighted by molar-refractivity contribution is -0.782.